The van der Waals surface area contributed by atoms with Crippen molar-refractivity contribution >= 4 is 11.8 Å². The maximum absolute atomic E-state index is 5.79. The average molecular weight is 253 g/mol. The number of rotatable bonds is 4. The van der Waals surface area contributed by atoms with Gasteiger partial charge in [0.2, 0.25) is 0 Å². The van der Waals surface area contributed by atoms with Gasteiger partial charge < -0.3 is 10.5 Å². The second-order valence-electron chi connectivity index (χ2n) is 4.34. The van der Waals surface area contributed by atoms with Crippen LogP contribution in [-0.4, -0.2) is 28.7 Å². The van der Waals surface area contributed by atoms with Crippen molar-refractivity contribution in [2.75, 3.05) is 12.4 Å². The summed E-state index contributed by atoms with van der Waals surface area (Å²) in [6.07, 6.45) is 2.70. The average Bonchev–Trinajstić information content (AvgIpc) is 2.83. The molecule has 5 heteroatoms. The van der Waals surface area contributed by atoms with E-state index in [1.54, 1.807) is 11.8 Å². The van der Waals surface area contributed by atoms with Gasteiger partial charge in [-0.3, -0.25) is 0 Å². The van der Waals surface area contributed by atoms with Crippen LogP contribution in [0.25, 0.3) is 0 Å². The summed E-state index contributed by atoms with van der Waals surface area (Å²) in [6, 6.07) is 0. The molecule has 1 aliphatic heterocycles. The SMILES string of the molecule is Cc1nnc(SCC2CCCO2)c(CN)c1C. The summed E-state index contributed by atoms with van der Waals surface area (Å²) < 4.78 is 5.60. The normalized spacial score (nSPS) is 19.8. The van der Waals surface area contributed by atoms with Crippen molar-refractivity contribution in [3.05, 3.63) is 16.8 Å². The van der Waals surface area contributed by atoms with Crippen molar-refractivity contribution in [1.29, 1.82) is 0 Å². The fourth-order valence-corrected chi connectivity index (χ4v) is 3.05. The lowest BCUT2D eigenvalue weighted by molar-refractivity contribution is 0.129. The summed E-state index contributed by atoms with van der Waals surface area (Å²) in [5.74, 6) is 0.949. The van der Waals surface area contributed by atoms with Crippen LogP contribution in [0, 0.1) is 13.8 Å². The molecule has 1 unspecified atom stereocenters. The predicted molar refractivity (Wildman–Crippen MR) is 69.1 cm³/mol. The van der Waals surface area contributed by atoms with Crippen molar-refractivity contribution < 1.29 is 4.74 Å². The maximum Gasteiger partial charge on any atom is 0.124 e. The van der Waals surface area contributed by atoms with Crippen LogP contribution in [0.5, 0.6) is 0 Å². The van der Waals surface area contributed by atoms with E-state index in [1.807, 2.05) is 6.92 Å². The molecule has 0 radical (unpaired) electrons. The number of nitrogens with zero attached hydrogens (tertiary/aromatic N) is 2. The summed E-state index contributed by atoms with van der Waals surface area (Å²) in [7, 11) is 0. The highest BCUT2D eigenvalue weighted by molar-refractivity contribution is 7.99. The van der Waals surface area contributed by atoms with Gasteiger partial charge in [-0.1, -0.05) is 0 Å². The molecule has 0 aromatic carbocycles. The number of nitrogens with two attached hydrogens (primary N) is 1. The van der Waals surface area contributed by atoms with Gasteiger partial charge in [0.25, 0.3) is 0 Å². The Bertz CT molecular complexity index is 392. The number of aryl methyl sites for hydroxylation is 1. The Morgan fingerprint density at radius 2 is 2.24 bits per heavy atom. The van der Waals surface area contributed by atoms with Gasteiger partial charge in [-0.15, -0.1) is 16.9 Å². The molecule has 4 nitrogen and oxygen atoms in total. The number of aromatic nitrogens is 2. The van der Waals surface area contributed by atoms with E-state index in [0.29, 0.717) is 12.6 Å². The Kier molecular flexibility index (Phi) is 4.36. The van der Waals surface area contributed by atoms with Crippen LogP contribution in [0.1, 0.15) is 29.7 Å². The lowest BCUT2D eigenvalue weighted by Crippen LogP contribution is -2.11. The van der Waals surface area contributed by atoms with E-state index in [9.17, 15) is 0 Å². The number of hydrogen-bond acceptors (Lipinski definition) is 5. The van der Waals surface area contributed by atoms with E-state index < -0.39 is 0 Å². The van der Waals surface area contributed by atoms with Gasteiger partial charge in [0.1, 0.15) is 5.03 Å². The molecule has 2 N–H and O–H groups in total. The van der Waals surface area contributed by atoms with Crippen LogP contribution in [0.3, 0.4) is 0 Å². The monoisotopic (exact) mass is 253 g/mol. The largest absolute Gasteiger partial charge is 0.377 e. The van der Waals surface area contributed by atoms with Crippen LogP contribution in [-0.2, 0) is 11.3 Å². The molecule has 17 heavy (non-hydrogen) atoms. The lowest BCUT2D eigenvalue weighted by Gasteiger charge is -2.12. The highest BCUT2D eigenvalue weighted by atomic mass is 32.2. The lowest BCUT2D eigenvalue weighted by atomic mass is 10.1. The molecule has 94 valence electrons. The van der Waals surface area contributed by atoms with E-state index in [0.717, 1.165) is 40.6 Å². The Balaban J connectivity index is 2.06. The maximum atomic E-state index is 5.79. The van der Waals surface area contributed by atoms with Crippen LogP contribution in [0.2, 0.25) is 0 Å². The van der Waals surface area contributed by atoms with Gasteiger partial charge in [0.05, 0.1) is 11.8 Å². The first-order chi connectivity index (χ1) is 8.22. The van der Waals surface area contributed by atoms with E-state index in [4.69, 9.17) is 10.5 Å². The van der Waals surface area contributed by atoms with E-state index >= 15 is 0 Å². The molecule has 0 saturated carbocycles. The Labute approximate surface area is 106 Å². The molecule has 2 heterocycles. The Morgan fingerprint density at radius 3 is 2.88 bits per heavy atom. The molecule has 1 aromatic heterocycles. The molecule has 1 fully saturated rings. The van der Waals surface area contributed by atoms with Gasteiger partial charge in [-0.25, -0.2) is 0 Å². The molecule has 0 amide bonds. The predicted octanol–water partition coefficient (Wildman–Crippen LogP) is 1.82. The van der Waals surface area contributed by atoms with E-state index in [-0.39, 0.29) is 0 Å². The molecule has 0 aliphatic carbocycles. The quantitative estimate of drug-likeness (QED) is 0.829. The minimum absolute atomic E-state index is 0.369. The highest BCUT2D eigenvalue weighted by Gasteiger charge is 2.17. The standard InChI is InChI=1S/C12H19N3OS/c1-8-9(2)14-15-12(11(8)6-13)17-7-10-4-3-5-16-10/h10H,3-7,13H2,1-2H3. The van der Waals surface area contributed by atoms with Gasteiger partial charge >= 0.3 is 0 Å². The summed E-state index contributed by atoms with van der Waals surface area (Å²) in [5.41, 5.74) is 9.05. The summed E-state index contributed by atoms with van der Waals surface area (Å²) in [4.78, 5) is 0. The molecule has 2 rings (SSSR count). The molecule has 1 aliphatic rings. The first-order valence-electron chi connectivity index (χ1n) is 5.99. The molecule has 1 atom stereocenters. The summed E-state index contributed by atoms with van der Waals surface area (Å²) >= 11 is 1.71. The zero-order valence-corrected chi connectivity index (χ0v) is 11.2. The first kappa shape index (κ1) is 12.8. The third kappa shape index (κ3) is 2.97. The summed E-state index contributed by atoms with van der Waals surface area (Å²) in [6.45, 7) is 5.45. The summed E-state index contributed by atoms with van der Waals surface area (Å²) in [5, 5.41) is 9.38. The second kappa shape index (κ2) is 5.80. The van der Waals surface area contributed by atoms with Gasteiger partial charge in [0, 0.05) is 24.5 Å². The fraction of sp³-hybridized carbons (Fsp3) is 0.667. The molecule has 0 bridgehead atoms. The Morgan fingerprint density at radius 1 is 1.41 bits per heavy atom. The van der Waals surface area contributed by atoms with Crippen molar-refractivity contribution in [2.24, 2.45) is 5.73 Å². The molecular formula is C12H19N3OS. The molecule has 1 aromatic rings. The first-order valence-corrected chi connectivity index (χ1v) is 6.98. The second-order valence-corrected chi connectivity index (χ2v) is 5.35. The van der Waals surface area contributed by atoms with Crippen molar-refractivity contribution in [3.63, 3.8) is 0 Å². The van der Waals surface area contributed by atoms with Gasteiger partial charge in [-0.05, 0) is 32.3 Å². The van der Waals surface area contributed by atoms with Gasteiger partial charge in [0.15, 0.2) is 0 Å². The van der Waals surface area contributed by atoms with E-state index in [1.165, 1.54) is 6.42 Å². The van der Waals surface area contributed by atoms with Crippen LogP contribution < -0.4 is 5.73 Å². The molecule has 1 saturated heterocycles. The Hall–Kier alpha value is -0.650. The third-order valence-corrected chi connectivity index (χ3v) is 4.32. The van der Waals surface area contributed by atoms with Gasteiger partial charge in [-0.2, -0.15) is 5.10 Å². The number of thioether (sulfide) groups is 1. The van der Waals surface area contributed by atoms with Crippen LogP contribution in [0.15, 0.2) is 5.03 Å². The molecular weight excluding hydrogens is 234 g/mol. The minimum Gasteiger partial charge on any atom is -0.377 e. The number of hydrogen-bond donors (Lipinski definition) is 1. The number of ether oxygens (including phenoxy) is 1. The van der Waals surface area contributed by atoms with Crippen LogP contribution in [0.4, 0.5) is 0 Å². The minimum atomic E-state index is 0.369. The zero-order chi connectivity index (χ0) is 12.3. The van der Waals surface area contributed by atoms with Crippen molar-refractivity contribution in [3.8, 4) is 0 Å². The van der Waals surface area contributed by atoms with E-state index in [2.05, 4.69) is 17.1 Å². The smallest absolute Gasteiger partial charge is 0.124 e. The highest BCUT2D eigenvalue weighted by Crippen LogP contribution is 2.26. The van der Waals surface area contributed by atoms with Crippen molar-refractivity contribution in [2.45, 2.75) is 44.4 Å². The molecule has 0 spiro atoms. The zero-order valence-electron chi connectivity index (χ0n) is 10.4. The topological polar surface area (TPSA) is 61.0 Å². The van der Waals surface area contributed by atoms with Crippen LogP contribution >= 0.6 is 11.8 Å². The van der Waals surface area contributed by atoms with Crippen molar-refractivity contribution in [1.82, 2.24) is 10.2 Å². The fourth-order valence-electron chi connectivity index (χ4n) is 1.94. The third-order valence-electron chi connectivity index (χ3n) is 3.18.